The first-order chi connectivity index (χ1) is 14.7. The molecule has 4 nitrogen and oxygen atoms in total. The molecule has 0 unspecified atom stereocenters. The lowest BCUT2D eigenvalue weighted by Crippen LogP contribution is -2.17. The third-order valence-electron chi connectivity index (χ3n) is 4.95. The van der Waals surface area contributed by atoms with Crippen LogP contribution >= 0.6 is 21.6 Å². The van der Waals surface area contributed by atoms with E-state index >= 15 is 0 Å². The summed E-state index contributed by atoms with van der Waals surface area (Å²) in [7, 11) is 3.29. The van der Waals surface area contributed by atoms with Crippen LogP contribution in [0.3, 0.4) is 0 Å². The molecular formula is C24H22N2O2S2. The molecule has 0 aromatic heterocycles. The molecule has 0 radical (unpaired) electrons. The van der Waals surface area contributed by atoms with Crippen molar-refractivity contribution in [3.8, 4) is 11.1 Å². The van der Waals surface area contributed by atoms with E-state index in [0.29, 0.717) is 12.3 Å². The first-order valence-electron chi connectivity index (χ1n) is 9.63. The Kier molecular flexibility index (Phi) is 6.45. The van der Waals surface area contributed by atoms with Gasteiger partial charge in [-0.15, -0.1) is 0 Å². The fraction of sp³-hybridized carbons (Fsp3) is 0.167. The van der Waals surface area contributed by atoms with E-state index in [0.717, 1.165) is 10.7 Å². The zero-order valence-electron chi connectivity index (χ0n) is 16.8. The maximum atomic E-state index is 12.4. The molecule has 152 valence electrons. The third kappa shape index (κ3) is 4.55. The van der Waals surface area contributed by atoms with E-state index in [4.69, 9.17) is 4.74 Å². The van der Waals surface area contributed by atoms with Crippen molar-refractivity contribution in [3.63, 3.8) is 0 Å². The number of anilines is 1. The Morgan fingerprint density at radius 1 is 0.967 bits per heavy atom. The summed E-state index contributed by atoms with van der Waals surface area (Å²) in [6.45, 7) is 2.28. The highest BCUT2D eigenvalue weighted by Gasteiger charge is 2.28. The van der Waals surface area contributed by atoms with Crippen molar-refractivity contribution >= 4 is 44.1 Å². The molecule has 1 amide bonds. The molecule has 1 N–H and O–H groups in total. The molecule has 4 rings (SSSR count). The standard InChI is InChI=1S/C24H22N2O2S2/c1-16(30-29-2)25-17-11-13-18(14-12-17)26-24(27)28-15-23-21-9-5-3-7-19(21)20-8-4-6-10-22(20)23/h3-14,23H,15H2,1-2H3,(H,26,27). The Morgan fingerprint density at radius 3 is 2.17 bits per heavy atom. The average molecular weight is 435 g/mol. The van der Waals surface area contributed by atoms with E-state index in [1.165, 1.54) is 22.3 Å². The number of amides is 1. The van der Waals surface area contributed by atoms with Gasteiger partial charge in [-0.25, -0.2) is 9.79 Å². The lowest BCUT2D eigenvalue weighted by atomic mass is 9.98. The molecule has 30 heavy (non-hydrogen) atoms. The number of hydrogen-bond acceptors (Lipinski definition) is 5. The maximum absolute atomic E-state index is 12.4. The zero-order valence-corrected chi connectivity index (χ0v) is 18.4. The SMILES string of the molecule is CSSC(C)=Nc1ccc(NC(=O)OCC2c3ccccc3-c3ccccc32)cc1. The van der Waals surface area contributed by atoms with Gasteiger partial charge in [0.1, 0.15) is 6.61 Å². The summed E-state index contributed by atoms with van der Waals surface area (Å²) in [6.07, 6.45) is 1.56. The first-order valence-corrected chi connectivity index (χ1v) is 12.2. The van der Waals surface area contributed by atoms with E-state index < -0.39 is 6.09 Å². The van der Waals surface area contributed by atoms with Crippen molar-refractivity contribution in [2.75, 3.05) is 18.2 Å². The Hall–Kier alpha value is -2.70. The van der Waals surface area contributed by atoms with E-state index in [-0.39, 0.29) is 5.92 Å². The van der Waals surface area contributed by atoms with Gasteiger partial charge in [0, 0.05) is 11.6 Å². The van der Waals surface area contributed by atoms with Gasteiger partial charge in [0.15, 0.2) is 0 Å². The summed E-state index contributed by atoms with van der Waals surface area (Å²) in [5.41, 5.74) is 6.37. The lowest BCUT2D eigenvalue weighted by Gasteiger charge is -2.14. The van der Waals surface area contributed by atoms with Crippen LogP contribution in [0.1, 0.15) is 24.0 Å². The van der Waals surface area contributed by atoms with Crippen molar-refractivity contribution < 1.29 is 9.53 Å². The van der Waals surface area contributed by atoms with Crippen LogP contribution in [-0.4, -0.2) is 24.0 Å². The zero-order chi connectivity index (χ0) is 20.9. The van der Waals surface area contributed by atoms with Gasteiger partial charge in [0.25, 0.3) is 0 Å². The van der Waals surface area contributed by atoms with Crippen molar-refractivity contribution in [2.24, 2.45) is 4.99 Å². The molecule has 0 aliphatic heterocycles. The van der Waals surface area contributed by atoms with Gasteiger partial charge < -0.3 is 4.74 Å². The summed E-state index contributed by atoms with van der Waals surface area (Å²) in [5, 5.41) is 3.79. The molecule has 1 aliphatic rings. The number of aliphatic imine (C=N–C) groups is 1. The van der Waals surface area contributed by atoms with Crippen LogP contribution in [0.25, 0.3) is 11.1 Å². The summed E-state index contributed by atoms with van der Waals surface area (Å²) in [6, 6.07) is 24.0. The molecule has 0 bridgehead atoms. The highest BCUT2D eigenvalue weighted by molar-refractivity contribution is 8.82. The number of hydrogen-bond donors (Lipinski definition) is 1. The highest BCUT2D eigenvalue weighted by atomic mass is 33.1. The number of fused-ring (bicyclic) bond motifs is 3. The number of benzene rings is 3. The van der Waals surface area contributed by atoms with E-state index in [9.17, 15) is 4.79 Å². The molecule has 3 aromatic carbocycles. The fourth-order valence-electron chi connectivity index (χ4n) is 3.69. The Bertz CT molecular complexity index is 1040. The largest absolute Gasteiger partial charge is 0.448 e. The normalized spacial score (nSPS) is 12.9. The summed E-state index contributed by atoms with van der Waals surface area (Å²) in [5.74, 6) is 0.0526. The Labute approximate surface area is 184 Å². The minimum absolute atomic E-state index is 0.0526. The van der Waals surface area contributed by atoms with E-state index in [1.54, 1.807) is 21.6 Å². The van der Waals surface area contributed by atoms with E-state index in [2.05, 4.69) is 34.6 Å². The molecular weight excluding hydrogens is 412 g/mol. The number of ether oxygens (including phenoxy) is 1. The monoisotopic (exact) mass is 434 g/mol. The number of nitrogens with zero attached hydrogens (tertiary/aromatic N) is 1. The van der Waals surface area contributed by atoms with Crippen molar-refractivity contribution in [1.29, 1.82) is 0 Å². The number of rotatable bonds is 5. The molecule has 6 heteroatoms. The third-order valence-corrected chi connectivity index (χ3v) is 6.67. The molecule has 0 spiro atoms. The molecule has 0 saturated carbocycles. The molecule has 3 aromatic rings. The first kappa shape index (κ1) is 20.6. The quantitative estimate of drug-likeness (QED) is 0.264. The van der Waals surface area contributed by atoms with Gasteiger partial charge in [-0.1, -0.05) is 59.3 Å². The van der Waals surface area contributed by atoms with Crippen LogP contribution in [-0.2, 0) is 4.74 Å². The van der Waals surface area contributed by atoms with Gasteiger partial charge in [0.05, 0.1) is 10.7 Å². The minimum atomic E-state index is -0.456. The predicted molar refractivity (Wildman–Crippen MR) is 129 cm³/mol. The second-order valence-corrected chi connectivity index (χ2v) is 9.47. The van der Waals surface area contributed by atoms with E-state index in [1.807, 2.05) is 61.7 Å². The van der Waals surface area contributed by atoms with Crippen LogP contribution in [0.2, 0.25) is 0 Å². The van der Waals surface area contributed by atoms with Gasteiger partial charge in [-0.05, 0) is 70.5 Å². The van der Waals surface area contributed by atoms with Crippen LogP contribution < -0.4 is 5.32 Å². The van der Waals surface area contributed by atoms with Crippen LogP contribution in [0, 0.1) is 0 Å². The average Bonchev–Trinajstić information content (AvgIpc) is 3.08. The summed E-state index contributed by atoms with van der Waals surface area (Å²) >= 11 is 0. The van der Waals surface area contributed by atoms with Crippen LogP contribution in [0.15, 0.2) is 77.8 Å². The number of nitrogens with one attached hydrogen (secondary N) is 1. The molecule has 0 fully saturated rings. The highest BCUT2D eigenvalue weighted by Crippen LogP contribution is 2.44. The van der Waals surface area contributed by atoms with Gasteiger partial charge >= 0.3 is 6.09 Å². The molecule has 0 atom stereocenters. The molecule has 0 saturated heterocycles. The predicted octanol–water partition coefficient (Wildman–Crippen LogP) is 7.11. The number of carbonyl (C=O) groups excluding carboxylic acids is 1. The second-order valence-electron chi connectivity index (χ2n) is 6.88. The Morgan fingerprint density at radius 2 is 1.57 bits per heavy atom. The summed E-state index contributed by atoms with van der Waals surface area (Å²) in [4.78, 5) is 16.9. The summed E-state index contributed by atoms with van der Waals surface area (Å²) < 4.78 is 5.59. The molecule has 0 heterocycles. The Balaban J connectivity index is 1.39. The van der Waals surface area contributed by atoms with Crippen LogP contribution in [0.5, 0.6) is 0 Å². The van der Waals surface area contributed by atoms with Crippen molar-refractivity contribution in [3.05, 3.63) is 83.9 Å². The number of carbonyl (C=O) groups is 1. The molecule has 1 aliphatic carbocycles. The maximum Gasteiger partial charge on any atom is 0.411 e. The second kappa shape index (κ2) is 9.41. The van der Waals surface area contributed by atoms with Gasteiger partial charge in [-0.3, -0.25) is 5.32 Å². The topological polar surface area (TPSA) is 50.7 Å². The lowest BCUT2D eigenvalue weighted by molar-refractivity contribution is 0.158. The smallest absolute Gasteiger partial charge is 0.411 e. The van der Waals surface area contributed by atoms with Gasteiger partial charge in [0.2, 0.25) is 0 Å². The van der Waals surface area contributed by atoms with Gasteiger partial charge in [-0.2, -0.15) is 0 Å². The van der Waals surface area contributed by atoms with Crippen molar-refractivity contribution in [1.82, 2.24) is 0 Å². The van der Waals surface area contributed by atoms with Crippen molar-refractivity contribution in [2.45, 2.75) is 12.8 Å². The van der Waals surface area contributed by atoms with Crippen LogP contribution in [0.4, 0.5) is 16.2 Å². The minimum Gasteiger partial charge on any atom is -0.448 e. The fourth-order valence-corrected chi connectivity index (χ4v) is 4.91.